The molecule has 106 valence electrons. The van der Waals surface area contributed by atoms with Crippen molar-refractivity contribution in [2.45, 2.75) is 59.2 Å². The van der Waals surface area contributed by atoms with Gasteiger partial charge in [0.2, 0.25) is 0 Å². The van der Waals surface area contributed by atoms with E-state index in [2.05, 4.69) is 56.1 Å². The van der Waals surface area contributed by atoms with Crippen molar-refractivity contribution >= 4 is 0 Å². The summed E-state index contributed by atoms with van der Waals surface area (Å²) in [4.78, 5) is 2.66. The highest BCUT2D eigenvalue weighted by molar-refractivity contribution is 5.29. The smallest absolute Gasteiger partial charge is 0.0237 e. The van der Waals surface area contributed by atoms with Gasteiger partial charge in [0.15, 0.2) is 0 Å². The van der Waals surface area contributed by atoms with E-state index in [1.165, 1.54) is 29.5 Å². The van der Waals surface area contributed by atoms with E-state index in [0.717, 1.165) is 19.6 Å². The van der Waals surface area contributed by atoms with Crippen LogP contribution in [0.3, 0.4) is 0 Å². The molecular weight excluding hydrogens is 232 g/mol. The fourth-order valence-electron chi connectivity index (χ4n) is 2.98. The summed E-state index contributed by atoms with van der Waals surface area (Å²) in [6, 6.07) is 8.20. The molecule has 1 aliphatic heterocycles. The Labute approximate surface area is 118 Å². The Balaban J connectivity index is 2.07. The molecule has 0 amide bonds. The molecule has 2 atom stereocenters. The zero-order valence-electron chi connectivity index (χ0n) is 12.9. The highest BCUT2D eigenvalue weighted by Gasteiger charge is 2.24. The van der Waals surface area contributed by atoms with Gasteiger partial charge in [-0.2, -0.15) is 0 Å². The first-order valence-electron chi connectivity index (χ1n) is 7.63. The Morgan fingerprint density at radius 3 is 2.74 bits per heavy atom. The zero-order valence-corrected chi connectivity index (χ0v) is 12.9. The average Bonchev–Trinajstić information content (AvgIpc) is 2.37. The second-order valence-electron chi connectivity index (χ2n) is 6.10. The summed E-state index contributed by atoms with van der Waals surface area (Å²) in [5.74, 6) is 0. The van der Waals surface area contributed by atoms with Crippen LogP contribution in [0.4, 0.5) is 0 Å². The minimum atomic E-state index is 0.611. The molecule has 2 unspecified atom stereocenters. The van der Waals surface area contributed by atoms with Crippen molar-refractivity contribution in [3.8, 4) is 0 Å². The first-order valence-corrected chi connectivity index (χ1v) is 7.63. The minimum Gasteiger partial charge on any atom is -0.311 e. The van der Waals surface area contributed by atoms with Crippen molar-refractivity contribution in [2.75, 3.05) is 13.1 Å². The number of hydrogen-bond acceptors (Lipinski definition) is 2. The van der Waals surface area contributed by atoms with Crippen molar-refractivity contribution in [1.29, 1.82) is 0 Å². The minimum absolute atomic E-state index is 0.611. The van der Waals surface area contributed by atoms with Crippen molar-refractivity contribution in [3.05, 3.63) is 34.9 Å². The SMILES string of the molecule is CCCC1CNC(C)CN1Cc1ccc(C)c(C)c1. The van der Waals surface area contributed by atoms with Gasteiger partial charge >= 0.3 is 0 Å². The summed E-state index contributed by atoms with van der Waals surface area (Å²) < 4.78 is 0. The van der Waals surface area contributed by atoms with Crippen LogP contribution in [0, 0.1) is 13.8 Å². The van der Waals surface area contributed by atoms with Gasteiger partial charge in [0.05, 0.1) is 0 Å². The van der Waals surface area contributed by atoms with Crippen LogP contribution in [0.2, 0.25) is 0 Å². The lowest BCUT2D eigenvalue weighted by Crippen LogP contribution is -2.54. The van der Waals surface area contributed by atoms with Gasteiger partial charge in [0.25, 0.3) is 0 Å². The molecule has 19 heavy (non-hydrogen) atoms. The number of nitrogens with one attached hydrogen (secondary N) is 1. The van der Waals surface area contributed by atoms with Crippen LogP contribution < -0.4 is 5.32 Å². The quantitative estimate of drug-likeness (QED) is 0.894. The summed E-state index contributed by atoms with van der Waals surface area (Å²) in [6.45, 7) is 12.4. The number of benzene rings is 1. The van der Waals surface area contributed by atoms with Crippen molar-refractivity contribution in [2.24, 2.45) is 0 Å². The number of aryl methyl sites for hydroxylation is 2. The molecule has 0 radical (unpaired) electrons. The maximum absolute atomic E-state index is 3.61. The van der Waals surface area contributed by atoms with E-state index in [1.54, 1.807) is 0 Å². The molecule has 1 N–H and O–H groups in total. The van der Waals surface area contributed by atoms with Gasteiger partial charge in [-0.15, -0.1) is 0 Å². The Morgan fingerprint density at radius 2 is 2.05 bits per heavy atom. The summed E-state index contributed by atoms with van der Waals surface area (Å²) in [7, 11) is 0. The lowest BCUT2D eigenvalue weighted by Gasteiger charge is -2.39. The predicted octanol–water partition coefficient (Wildman–Crippen LogP) is 3.27. The average molecular weight is 260 g/mol. The molecular formula is C17H28N2. The van der Waals surface area contributed by atoms with Crippen LogP contribution in [0.1, 0.15) is 43.4 Å². The molecule has 1 saturated heterocycles. The number of nitrogens with zero attached hydrogens (tertiary/aromatic N) is 1. The molecule has 1 aromatic carbocycles. The molecule has 1 fully saturated rings. The van der Waals surface area contributed by atoms with E-state index in [0.29, 0.717) is 12.1 Å². The molecule has 1 heterocycles. The van der Waals surface area contributed by atoms with Crippen molar-refractivity contribution in [1.82, 2.24) is 10.2 Å². The van der Waals surface area contributed by atoms with E-state index in [4.69, 9.17) is 0 Å². The van der Waals surface area contributed by atoms with E-state index >= 15 is 0 Å². The van der Waals surface area contributed by atoms with E-state index in [-0.39, 0.29) is 0 Å². The molecule has 0 aromatic heterocycles. The standard InChI is InChI=1S/C17H28N2/c1-5-6-17-10-18-15(4)11-19(17)12-16-8-7-13(2)14(3)9-16/h7-9,15,17-18H,5-6,10-12H2,1-4H3. The normalized spacial score (nSPS) is 24.6. The molecule has 2 nitrogen and oxygen atoms in total. The molecule has 2 heteroatoms. The van der Waals surface area contributed by atoms with Gasteiger partial charge in [-0.25, -0.2) is 0 Å². The molecule has 0 aliphatic carbocycles. The summed E-state index contributed by atoms with van der Waals surface area (Å²) in [5, 5.41) is 3.61. The van der Waals surface area contributed by atoms with Gasteiger partial charge in [0, 0.05) is 31.7 Å². The topological polar surface area (TPSA) is 15.3 Å². The van der Waals surface area contributed by atoms with Gasteiger partial charge in [-0.05, 0) is 43.9 Å². The first kappa shape index (κ1) is 14.5. The fraction of sp³-hybridized carbons (Fsp3) is 0.647. The Hall–Kier alpha value is -0.860. The van der Waals surface area contributed by atoms with E-state index < -0.39 is 0 Å². The Kier molecular flexibility index (Phi) is 5.00. The molecule has 0 spiro atoms. The molecule has 1 aromatic rings. The first-order chi connectivity index (χ1) is 9.10. The highest BCUT2D eigenvalue weighted by Crippen LogP contribution is 2.18. The van der Waals surface area contributed by atoms with Crippen LogP contribution in [0.15, 0.2) is 18.2 Å². The zero-order chi connectivity index (χ0) is 13.8. The van der Waals surface area contributed by atoms with Crippen LogP contribution in [-0.2, 0) is 6.54 Å². The summed E-state index contributed by atoms with van der Waals surface area (Å²) in [5.41, 5.74) is 4.26. The fourth-order valence-corrected chi connectivity index (χ4v) is 2.98. The van der Waals surface area contributed by atoms with Crippen LogP contribution >= 0.6 is 0 Å². The molecule has 2 rings (SSSR count). The predicted molar refractivity (Wildman–Crippen MR) is 82.5 cm³/mol. The lowest BCUT2D eigenvalue weighted by atomic mass is 10.0. The third-order valence-corrected chi connectivity index (χ3v) is 4.31. The third-order valence-electron chi connectivity index (χ3n) is 4.31. The number of hydrogen-bond donors (Lipinski definition) is 1. The van der Waals surface area contributed by atoms with Gasteiger partial charge in [-0.3, -0.25) is 4.90 Å². The van der Waals surface area contributed by atoms with E-state index in [9.17, 15) is 0 Å². The second-order valence-corrected chi connectivity index (χ2v) is 6.10. The third kappa shape index (κ3) is 3.80. The molecule has 0 saturated carbocycles. The largest absolute Gasteiger partial charge is 0.311 e. The summed E-state index contributed by atoms with van der Waals surface area (Å²) >= 11 is 0. The highest BCUT2D eigenvalue weighted by atomic mass is 15.2. The second kappa shape index (κ2) is 6.53. The number of piperazine rings is 1. The van der Waals surface area contributed by atoms with Gasteiger partial charge < -0.3 is 5.32 Å². The lowest BCUT2D eigenvalue weighted by molar-refractivity contribution is 0.120. The monoisotopic (exact) mass is 260 g/mol. The Bertz CT molecular complexity index is 414. The van der Waals surface area contributed by atoms with E-state index in [1.807, 2.05) is 0 Å². The number of rotatable bonds is 4. The summed E-state index contributed by atoms with van der Waals surface area (Å²) in [6.07, 6.45) is 2.56. The van der Waals surface area contributed by atoms with Crippen LogP contribution in [0.25, 0.3) is 0 Å². The van der Waals surface area contributed by atoms with Gasteiger partial charge in [0.1, 0.15) is 0 Å². The molecule has 0 bridgehead atoms. The maximum Gasteiger partial charge on any atom is 0.0237 e. The van der Waals surface area contributed by atoms with Gasteiger partial charge in [-0.1, -0.05) is 31.5 Å². The maximum atomic E-state index is 3.61. The Morgan fingerprint density at radius 1 is 1.26 bits per heavy atom. The van der Waals surface area contributed by atoms with Crippen LogP contribution in [-0.4, -0.2) is 30.1 Å². The van der Waals surface area contributed by atoms with Crippen molar-refractivity contribution in [3.63, 3.8) is 0 Å². The molecule has 1 aliphatic rings. The van der Waals surface area contributed by atoms with Crippen molar-refractivity contribution < 1.29 is 0 Å². The van der Waals surface area contributed by atoms with Crippen LogP contribution in [0.5, 0.6) is 0 Å².